The van der Waals surface area contributed by atoms with Crippen molar-refractivity contribution in [3.8, 4) is 0 Å². The number of nitrogens with one attached hydrogen (secondary N) is 3. The molecule has 6 heteroatoms. The Balaban J connectivity index is 1.83. The van der Waals surface area contributed by atoms with Crippen LogP contribution in [-0.2, 0) is 9.59 Å². The molecule has 3 N–H and O–H groups in total. The van der Waals surface area contributed by atoms with E-state index in [0.717, 1.165) is 11.4 Å². The molecule has 0 radical (unpaired) electrons. The highest BCUT2D eigenvalue weighted by Crippen LogP contribution is 2.16. The van der Waals surface area contributed by atoms with E-state index in [1.165, 1.54) is 6.92 Å². The normalized spacial score (nSPS) is 9.96. The van der Waals surface area contributed by atoms with Gasteiger partial charge in [-0.3, -0.25) is 9.59 Å². The van der Waals surface area contributed by atoms with Crippen LogP contribution < -0.4 is 20.9 Å². The van der Waals surface area contributed by atoms with Gasteiger partial charge in [0.05, 0.1) is 6.54 Å². The number of benzene rings is 2. The van der Waals surface area contributed by atoms with Gasteiger partial charge in [-0.25, -0.2) is 0 Å². The third-order valence-corrected chi connectivity index (χ3v) is 3.33. The maximum absolute atomic E-state index is 12.0. The number of hydrogen-bond donors (Lipinski definition) is 3. The van der Waals surface area contributed by atoms with Gasteiger partial charge in [-0.2, -0.15) is 0 Å². The first-order valence-electron chi connectivity index (χ1n) is 7.63. The molecule has 2 aromatic rings. The van der Waals surface area contributed by atoms with Gasteiger partial charge >= 0.3 is 0 Å². The Hall–Kier alpha value is -3.02. The van der Waals surface area contributed by atoms with Crippen molar-refractivity contribution in [2.24, 2.45) is 0 Å². The molecule has 6 nitrogen and oxygen atoms in total. The largest absolute Gasteiger partial charge is 0.378 e. The fraction of sp³-hybridized carbons (Fsp3) is 0.222. The molecule has 0 aliphatic rings. The van der Waals surface area contributed by atoms with E-state index in [1.54, 1.807) is 24.3 Å². The first kappa shape index (κ1) is 17.3. The van der Waals surface area contributed by atoms with Crippen LogP contribution in [0.25, 0.3) is 0 Å². The van der Waals surface area contributed by atoms with Crippen LogP contribution in [0.2, 0.25) is 0 Å². The fourth-order valence-corrected chi connectivity index (χ4v) is 2.11. The Kier molecular flexibility index (Phi) is 5.78. The van der Waals surface area contributed by atoms with Gasteiger partial charge in [0.15, 0.2) is 0 Å². The van der Waals surface area contributed by atoms with E-state index in [2.05, 4.69) is 16.0 Å². The van der Waals surface area contributed by atoms with E-state index < -0.39 is 0 Å². The van der Waals surface area contributed by atoms with Crippen molar-refractivity contribution in [3.05, 3.63) is 48.5 Å². The Morgan fingerprint density at radius 1 is 0.833 bits per heavy atom. The number of anilines is 4. The smallest absolute Gasteiger partial charge is 0.243 e. The standard InChI is InChI=1S/C18H22N4O2/c1-13(23)20-15-4-6-16(7-5-15)21-18(24)12-19-14-8-10-17(11-9-14)22(2)3/h4-11,19H,12H2,1-3H3,(H,20,23)(H,21,24). The molecular weight excluding hydrogens is 304 g/mol. The van der Waals surface area contributed by atoms with Gasteiger partial charge in [0, 0.05) is 43.8 Å². The predicted octanol–water partition coefficient (Wildman–Crippen LogP) is 2.76. The molecule has 0 saturated carbocycles. The average molecular weight is 326 g/mol. The van der Waals surface area contributed by atoms with E-state index in [0.29, 0.717) is 11.4 Å². The van der Waals surface area contributed by atoms with Crippen molar-refractivity contribution in [1.29, 1.82) is 0 Å². The second kappa shape index (κ2) is 8.01. The number of carbonyl (C=O) groups is 2. The SMILES string of the molecule is CC(=O)Nc1ccc(NC(=O)CNc2ccc(N(C)C)cc2)cc1. The molecule has 0 fully saturated rings. The minimum Gasteiger partial charge on any atom is -0.378 e. The Bertz CT molecular complexity index is 694. The molecule has 2 rings (SSSR count). The van der Waals surface area contributed by atoms with Crippen molar-refractivity contribution in [2.75, 3.05) is 41.5 Å². The molecule has 0 spiro atoms. The number of rotatable bonds is 6. The lowest BCUT2D eigenvalue weighted by molar-refractivity contribution is -0.115. The van der Waals surface area contributed by atoms with Gasteiger partial charge < -0.3 is 20.9 Å². The zero-order chi connectivity index (χ0) is 17.5. The molecule has 2 aromatic carbocycles. The predicted molar refractivity (Wildman–Crippen MR) is 98.6 cm³/mol. The summed E-state index contributed by atoms with van der Waals surface area (Å²) in [6.45, 7) is 1.63. The van der Waals surface area contributed by atoms with Crippen LogP contribution in [0.3, 0.4) is 0 Å². The van der Waals surface area contributed by atoms with Gasteiger partial charge in [0.1, 0.15) is 0 Å². The van der Waals surface area contributed by atoms with Gasteiger partial charge in [-0.15, -0.1) is 0 Å². The van der Waals surface area contributed by atoms with E-state index in [1.807, 2.05) is 43.3 Å². The first-order chi connectivity index (χ1) is 11.4. The number of hydrogen-bond acceptors (Lipinski definition) is 4. The first-order valence-corrected chi connectivity index (χ1v) is 7.63. The van der Waals surface area contributed by atoms with Gasteiger partial charge in [0.25, 0.3) is 0 Å². The summed E-state index contributed by atoms with van der Waals surface area (Å²) >= 11 is 0. The average Bonchev–Trinajstić information content (AvgIpc) is 2.54. The zero-order valence-corrected chi connectivity index (χ0v) is 14.1. The third kappa shape index (κ3) is 5.31. The summed E-state index contributed by atoms with van der Waals surface area (Å²) in [6.07, 6.45) is 0. The number of carbonyl (C=O) groups excluding carboxylic acids is 2. The summed E-state index contributed by atoms with van der Waals surface area (Å²) in [7, 11) is 3.96. The minimum atomic E-state index is -0.140. The van der Waals surface area contributed by atoms with Crippen LogP contribution in [0, 0.1) is 0 Å². The molecule has 126 valence electrons. The van der Waals surface area contributed by atoms with Crippen LogP contribution >= 0.6 is 0 Å². The highest BCUT2D eigenvalue weighted by atomic mass is 16.2. The molecule has 0 aliphatic carbocycles. The Morgan fingerprint density at radius 2 is 1.33 bits per heavy atom. The molecule has 0 atom stereocenters. The summed E-state index contributed by atoms with van der Waals surface area (Å²) in [5.74, 6) is -0.268. The topological polar surface area (TPSA) is 73.5 Å². The Labute approximate surface area is 141 Å². The van der Waals surface area contributed by atoms with E-state index in [-0.39, 0.29) is 18.4 Å². The lowest BCUT2D eigenvalue weighted by Crippen LogP contribution is -2.21. The van der Waals surface area contributed by atoms with Gasteiger partial charge in [-0.05, 0) is 48.5 Å². The molecule has 0 bridgehead atoms. The molecule has 0 aromatic heterocycles. The summed E-state index contributed by atoms with van der Waals surface area (Å²) in [5, 5.41) is 8.56. The van der Waals surface area contributed by atoms with Gasteiger partial charge in [-0.1, -0.05) is 0 Å². The minimum absolute atomic E-state index is 0.128. The number of amides is 2. The van der Waals surface area contributed by atoms with E-state index >= 15 is 0 Å². The van der Waals surface area contributed by atoms with Gasteiger partial charge in [0.2, 0.25) is 11.8 Å². The highest BCUT2D eigenvalue weighted by Gasteiger charge is 2.03. The van der Waals surface area contributed by atoms with Crippen LogP contribution in [0.15, 0.2) is 48.5 Å². The maximum atomic E-state index is 12.0. The monoisotopic (exact) mass is 326 g/mol. The molecule has 2 amide bonds. The summed E-state index contributed by atoms with van der Waals surface area (Å²) < 4.78 is 0. The maximum Gasteiger partial charge on any atom is 0.243 e. The van der Waals surface area contributed by atoms with Crippen LogP contribution in [0.4, 0.5) is 22.7 Å². The van der Waals surface area contributed by atoms with Crippen molar-refractivity contribution in [3.63, 3.8) is 0 Å². The molecule has 0 heterocycles. The highest BCUT2D eigenvalue weighted by molar-refractivity contribution is 5.94. The second-order valence-corrected chi connectivity index (χ2v) is 5.60. The van der Waals surface area contributed by atoms with Crippen molar-refractivity contribution in [2.45, 2.75) is 6.92 Å². The summed E-state index contributed by atoms with van der Waals surface area (Å²) in [5.41, 5.74) is 3.36. The van der Waals surface area contributed by atoms with Crippen LogP contribution in [-0.4, -0.2) is 32.5 Å². The van der Waals surface area contributed by atoms with E-state index in [4.69, 9.17) is 0 Å². The lowest BCUT2D eigenvalue weighted by Gasteiger charge is -2.13. The summed E-state index contributed by atoms with van der Waals surface area (Å²) in [6, 6.07) is 14.8. The van der Waals surface area contributed by atoms with Crippen molar-refractivity contribution >= 4 is 34.6 Å². The second-order valence-electron chi connectivity index (χ2n) is 5.60. The quantitative estimate of drug-likeness (QED) is 0.763. The fourth-order valence-electron chi connectivity index (χ4n) is 2.11. The van der Waals surface area contributed by atoms with Crippen molar-refractivity contribution in [1.82, 2.24) is 0 Å². The van der Waals surface area contributed by atoms with Crippen LogP contribution in [0.1, 0.15) is 6.92 Å². The summed E-state index contributed by atoms with van der Waals surface area (Å²) in [4.78, 5) is 24.9. The molecule has 0 saturated heterocycles. The molecule has 0 aliphatic heterocycles. The molecule has 24 heavy (non-hydrogen) atoms. The lowest BCUT2D eigenvalue weighted by atomic mass is 10.2. The van der Waals surface area contributed by atoms with Crippen LogP contribution in [0.5, 0.6) is 0 Å². The third-order valence-electron chi connectivity index (χ3n) is 3.33. The van der Waals surface area contributed by atoms with E-state index in [9.17, 15) is 9.59 Å². The Morgan fingerprint density at radius 3 is 1.83 bits per heavy atom. The zero-order valence-electron chi connectivity index (χ0n) is 14.1. The molecular formula is C18H22N4O2. The van der Waals surface area contributed by atoms with Crippen molar-refractivity contribution < 1.29 is 9.59 Å². The number of nitrogens with zero attached hydrogens (tertiary/aromatic N) is 1. The molecule has 0 unspecified atom stereocenters.